The van der Waals surface area contributed by atoms with Crippen molar-refractivity contribution in [1.29, 1.82) is 0 Å². The van der Waals surface area contributed by atoms with Gasteiger partial charge in [0, 0.05) is 24.7 Å². The highest BCUT2D eigenvalue weighted by molar-refractivity contribution is 5.79. The molecule has 3 aromatic carbocycles. The van der Waals surface area contributed by atoms with Crippen LogP contribution >= 0.6 is 0 Å². The first kappa shape index (κ1) is 47.9. The van der Waals surface area contributed by atoms with Crippen LogP contribution in [0.2, 0.25) is 0 Å². The lowest BCUT2D eigenvalue weighted by molar-refractivity contribution is -0.397. The molecule has 0 bridgehead atoms. The molecule has 10 atom stereocenters. The summed E-state index contributed by atoms with van der Waals surface area (Å²) >= 11 is 0. The first-order valence-corrected chi connectivity index (χ1v) is 23.0. The molecule has 0 aliphatic heterocycles. The summed E-state index contributed by atoms with van der Waals surface area (Å²) in [7, 11) is 3.21. The summed E-state index contributed by atoms with van der Waals surface area (Å²) in [5, 5.41) is 13.6. The number of hydrogen-bond donors (Lipinski definition) is 2. The molecule has 13 nitrogen and oxygen atoms in total. The molecular formula is C52H65NO12. The minimum absolute atomic E-state index is 0.0400. The molecule has 0 aromatic heterocycles. The van der Waals surface area contributed by atoms with Crippen LogP contribution in [0.3, 0.4) is 0 Å². The number of ketones is 1. The molecule has 3 saturated carbocycles. The second kappa shape index (κ2) is 19.8. The van der Waals surface area contributed by atoms with Crippen molar-refractivity contribution in [2.75, 3.05) is 20.8 Å². The zero-order valence-corrected chi connectivity index (χ0v) is 38.7. The Kier molecular flexibility index (Phi) is 14.6. The fraction of sp³-hybridized carbons (Fsp3) is 0.538. The lowest BCUT2D eigenvalue weighted by Gasteiger charge is -2.59. The number of hydrogen-bond acceptors (Lipinski definition) is 12. The smallest absolute Gasteiger partial charge is 0.412 e. The molecule has 4 aliphatic carbocycles. The van der Waals surface area contributed by atoms with Crippen LogP contribution in [0.15, 0.2) is 90.5 Å². The van der Waals surface area contributed by atoms with Crippen LogP contribution in [-0.2, 0) is 44.0 Å². The number of methoxy groups -OCH3 is 2. The van der Waals surface area contributed by atoms with Gasteiger partial charge < -0.3 is 28.8 Å². The maximum absolute atomic E-state index is 14.2. The van der Waals surface area contributed by atoms with Crippen molar-refractivity contribution >= 4 is 24.1 Å². The van der Waals surface area contributed by atoms with Crippen LogP contribution in [0.25, 0.3) is 0 Å². The van der Waals surface area contributed by atoms with Crippen molar-refractivity contribution in [1.82, 2.24) is 5.32 Å². The van der Waals surface area contributed by atoms with Gasteiger partial charge in [-0.15, -0.1) is 4.89 Å². The van der Waals surface area contributed by atoms with Crippen molar-refractivity contribution < 1.29 is 57.7 Å². The van der Waals surface area contributed by atoms with Crippen LogP contribution in [0.4, 0.5) is 4.79 Å². The Morgan fingerprint density at radius 3 is 2.08 bits per heavy atom. The second-order valence-corrected chi connectivity index (χ2v) is 18.8. The van der Waals surface area contributed by atoms with E-state index < -0.39 is 47.3 Å². The Hall–Kier alpha value is -5.08. The first-order valence-electron chi connectivity index (χ1n) is 23.0. The van der Waals surface area contributed by atoms with Gasteiger partial charge in [-0.05, 0) is 122 Å². The van der Waals surface area contributed by atoms with Gasteiger partial charge >= 0.3 is 18.0 Å². The SMILES string of the molecule is CCC(CCOC(c1ccccc1)(c1ccc(OC)cc1)c1ccc(OC)cc1)OC(C=O)(NC(=O)OC1C[C@@H](O)CC2=CCC3C(CC[C@@]4(C)C3CC[C@@H]4C(C)=O)[C@]21C)OOC(C)=O. The fourth-order valence-corrected chi connectivity index (χ4v) is 12.1. The highest BCUT2D eigenvalue weighted by atomic mass is 17.2. The summed E-state index contributed by atoms with van der Waals surface area (Å²) in [5.74, 6) is -1.07. The molecule has 0 radical (unpaired) electrons. The molecule has 7 rings (SSSR count). The van der Waals surface area contributed by atoms with E-state index >= 15 is 0 Å². The highest BCUT2D eigenvalue weighted by Crippen LogP contribution is 2.66. The number of benzene rings is 3. The van der Waals surface area contributed by atoms with E-state index in [-0.39, 0.29) is 54.7 Å². The largest absolute Gasteiger partial charge is 0.497 e. The third-order valence-corrected chi connectivity index (χ3v) is 15.3. The molecule has 3 fully saturated rings. The quantitative estimate of drug-likeness (QED) is 0.0312. The van der Waals surface area contributed by atoms with Gasteiger partial charge in [-0.2, -0.15) is 0 Å². The fourth-order valence-electron chi connectivity index (χ4n) is 12.1. The van der Waals surface area contributed by atoms with Gasteiger partial charge in [0.25, 0.3) is 0 Å². The van der Waals surface area contributed by atoms with Gasteiger partial charge in [0.05, 0.1) is 33.0 Å². The van der Waals surface area contributed by atoms with E-state index in [0.29, 0.717) is 30.3 Å². The normalized spacial score (nSPS) is 28.5. The van der Waals surface area contributed by atoms with Gasteiger partial charge in [-0.1, -0.05) is 87.0 Å². The number of Topliss-reactive ketones (excluding diaryl/α,β-unsaturated/α-hetero) is 1. The average molecular weight is 896 g/mol. The predicted molar refractivity (Wildman–Crippen MR) is 240 cm³/mol. The number of fused-ring (bicyclic) bond motifs is 5. The third-order valence-electron chi connectivity index (χ3n) is 15.3. The van der Waals surface area contributed by atoms with Crippen molar-refractivity contribution in [2.24, 2.45) is 34.5 Å². The van der Waals surface area contributed by atoms with E-state index in [1.54, 1.807) is 21.1 Å². The second-order valence-electron chi connectivity index (χ2n) is 18.8. The minimum Gasteiger partial charge on any atom is -0.497 e. The van der Waals surface area contributed by atoms with Crippen molar-refractivity contribution in [3.05, 3.63) is 107 Å². The Morgan fingerprint density at radius 2 is 1.51 bits per heavy atom. The highest BCUT2D eigenvalue weighted by Gasteiger charge is 2.62. The zero-order chi connectivity index (χ0) is 46.6. The van der Waals surface area contributed by atoms with E-state index in [9.17, 15) is 24.3 Å². The Labute approximate surface area is 382 Å². The number of carbonyl (C=O) groups excluding carboxylic acids is 4. The number of aldehydes is 1. The maximum atomic E-state index is 14.2. The number of carbonyl (C=O) groups is 4. The molecule has 3 aromatic rings. The van der Waals surface area contributed by atoms with E-state index in [2.05, 4.69) is 25.2 Å². The topological polar surface area (TPSA) is 165 Å². The molecule has 0 spiro atoms. The van der Waals surface area contributed by atoms with Gasteiger partial charge in [0.1, 0.15) is 29.0 Å². The molecule has 13 heteroatoms. The Bertz CT molecular complexity index is 2130. The average Bonchev–Trinajstić information content (AvgIpc) is 3.68. The van der Waals surface area contributed by atoms with Gasteiger partial charge in [0.2, 0.25) is 6.29 Å². The van der Waals surface area contributed by atoms with Crippen LogP contribution < -0.4 is 14.8 Å². The van der Waals surface area contributed by atoms with E-state index in [0.717, 1.165) is 61.3 Å². The Balaban J connectivity index is 1.12. The van der Waals surface area contributed by atoms with Crippen molar-refractivity contribution in [2.45, 2.75) is 122 Å². The standard InChI is InChI=1S/C52H65NO12/c1-8-40(27-29-61-52(35-12-10-9-11-13-35,36-14-19-41(59-6)20-15-36)37-16-21-42(60-7)22-17-37)63-51(32-54,65-64-34(3)56)53-48(58)62-47-31-39(57)30-38-18-23-43-45-25-24-44(33(2)55)49(45,4)28-26-46(43)50(38,47)5/h9-22,32,39-40,43-47,57H,8,23-31H2,1-7H3,(H,53,58)/t39-,40?,43?,44+,45?,46?,47?,49+,50-,51?/m0/s1. The van der Waals surface area contributed by atoms with E-state index in [1.807, 2.05) is 85.8 Å². The summed E-state index contributed by atoms with van der Waals surface area (Å²) in [6.07, 6.45) is 4.71. The molecule has 2 N–H and O–H groups in total. The molecule has 6 unspecified atom stereocenters. The van der Waals surface area contributed by atoms with Crippen LogP contribution in [0, 0.1) is 34.5 Å². The summed E-state index contributed by atoms with van der Waals surface area (Å²) in [6.45, 7) is 9.14. The lowest BCUT2D eigenvalue weighted by Crippen LogP contribution is -2.60. The minimum atomic E-state index is -2.61. The van der Waals surface area contributed by atoms with E-state index in [4.69, 9.17) is 33.5 Å². The summed E-state index contributed by atoms with van der Waals surface area (Å²) in [5.41, 5.74) is 1.72. The number of aliphatic hydroxyl groups excluding tert-OH is 1. The van der Waals surface area contributed by atoms with Crippen molar-refractivity contribution in [3.63, 3.8) is 0 Å². The number of alkyl carbamates (subject to hydrolysis) is 1. The molecular weight excluding hydrogens is 831 g/mol. The number of rotatable bonds is 18. The first-order chi connectivity index (χ1) is 31.2. The molecule has 4 aliphatic rings. The Morgan fingerprint density at radius 1 is 0.877 bits per heavy atom. The van der Waals surface area contributed by atoms with Crippen LogP contribution in [0.1, 0.15) is 109 Å². The lowest BCUT2D eigenvalue weighted by atomic mass is 9.46. The molecule has 1 amide bonds. The van der Waals surface area contributed by atoms with Gasteiger partial charge in [0.15, 0.2) is 0 Å². The van der Waals surface area contributed by atoms with Crippen LogP contribution in [-0.4, -0.2) is 74.3 Å². The number of nitrogens with one attached hydrogen (secondary N) is 1. The van der Waals surface area contributed by atoms with Gasteiger partial charge in [-0.25, -0.2) is 9.59 Å². The number of aliphatic hydroxyl groups is 1. The van der Waals surface area contributed by atoms with E-state index in [1.165, 1.54) is 0 Å². The van der Waals surface area contributed by atoms with Crippen LogP contribution in [0.5, 0.6) is 11.5 Å². The molecule has 65 heavy (non-hydrogen) atoms. The monoisotopic (exact) mass is 895 g/mol. The molecule has 0 saturated heterocycles. The number of amides is 1. The van der Waals surface area contributed by atoms with Crippen molar-refractivity contribution in [3.8, 4) is 11.5 Å². The number of ether oxygens (including phenoxy) is 5. The summed E-state index contributed by atoms with van der Waals surface area (Å²) < 4.78 is 30.5. The molecule has 0 heterocycles. The maximum Gasteiger partial charge on any atom is 0.412 e. The molecule has 350 valence electrons. The summed E-state index contributed by atoms with van der Waals surface area (Å²) in [6, 6.07) is 25.1. The zero-order valence-electron chi connectivity index (χ0n) is 38.7. The van der Waals surface area contributed by atoms with Gasteiger partial charge in [-0.3, -0.25) is 19.8 Å². The summed E-state index contributed by atoms with van der Waals surface area (Å²) in [4.78, 5) is 62.4. The number of allylic oxidation sites excluding steroid dienone is 1. The third kappa shape index (κ3) is 9.35. The predicted octanol–water partition coefficient (Wildman–Crippen LogP) is 8.78.